The first-order valence-electron chi connectivity index (χ1n) is 9.26. The second-order valence-electron chi connectivity index (χ2n) is 7.04. The van der Waals surface area contributed by atoms with Crippen LogP contribution in [0.3, 0.4) is 0 Å². The highest BCUT2D eigenvalue weighted by atomic mass is 16.3. The SMILES string of the molecule is O=C(Cc1ccncc1)N1CC[C@@H]2[C@@H](CCC(=O)N2CCCCO)C1. The number of hydrogen-bond acceptors (Lipinski definition) is 4. The van der Waals surface area contributed by atoms with Crippen LogP contribution in [0.25, 0.3) is 0 Å². The number of nitrogens with zero attached hydrogens (tertiary/aromatic N) is 3. The number of rotatable bonds is 6. The maximum Gasteiger partial charge on any atom is 0.227 e. The Bertz CT molecular complexity index is 593. The van der Waals surface area contributed by atoms with Crippen LogP contribution in [0.4, 0.5) is 0 Å². The van der Waals surface area contributed by atoms with Crippen molar-refractivity contribution in [2.45, 2.75) is 44.6 Å². The predicted molar refractivity (Wildman–Crippen MR) is 93.7 cm³/mol. The summed E-state index contributed by atoms with van der Waals surface area (Å²) in [5, 5.41) is 8.96. The number of pyridine rings is 1. The second-order valence-corrected chi connectivity index (χ2v) is 7.04. The van der Waals surface area contributed by atoms with Gasteiger partial charge in [-0.25, -0.2) is 0 Å². The first-order valence-corrected chi connectivity index (χ1v) is 9.26. The van der Waals surface area contributed by atoms with Gasteiger partial charge in [0.25, 0.3) is 0 Å². The molecule has 0 unspecified atom stereocenters. The van der Waals surface area contributed by atoms with E-state index in [1.54, 1.807) is 12.4 Å². The minimum Gasteiger partial charge on any atom is -0.396 e. The molecule has 3 heterocycles. The summed E-state index contributed by atoms with van der Waals surface area (Å²) < 4.78 is 0. The van der Waals surface area contributed by atoms with Crippen LogP contribution in [-0.2, 0) is 16.0 Å². The van der Waals surface area contributed by atoms with Crippen molar-refractivity contribution in [1.82, 2.24) is 14.8 Å². The number of carbonyl (C=O) groups excluding carboxylic acids is 2. The van der Waals surface area contributed by atoms with E-state index in [-0.39, 0.29) is 24.5 Å². The van der Waals surface area contributed by atoms with Gasteiger partial charge in [-0.1, -0.05) is 0 Å². The summed E-state index contributed by atoms with van der Waals surface area (Å²) in [6.45, 7) is 2.37. The minimum atomic E-state index is 0.161. The summed E-state index contributed by atoms with van der Waals surface area (Å²) in [6.07, 6.45) is 7.73. The Kier molecular flexibility index (Phi) is 6.02. The summed E-state index contributed by atoms with van der Waals surface area (Å²) >= 11 is 0. The molecule has 0 radical (unpaired) electrons. The molecule has 2 amide bonds. The number of aliphatic hydroxyl groups is 1. The third kappa shape index (κ3) is 4.37. The highest BCUT2D eigenvalue weighted by Crippen LogP contribution is 2.31. The maximum atomic E-state index is 12.6. The van der Waals surface area contributed by atoms with Crippen LogP contribution in [0.2, 0.25) is 0 Å². The molecule has 1 N–H and O–H groups in total. The van der Waals surface area contributed by atoms with Crippen molar-refractivity contribution in [2.75, 3.05) is 26.2 Å². The molecule has 2 aliphatic heterocycles. The number of piperidine rings is 2. The fraction of sp³-hybridized carbons (Fsp3) is 0.632. The Hall–Kier alpha value is -1.95. The van der Waals surface area contributed by atoms with Gasteiger partial charge in [0.2, 0.25) is 11.8 Å². The van der Waals surface area contributed by atoms with E-state index in [1.807, 2.05) is 21.9 Å². The zero-order valence-electron chi connectivity index (χ0n) is 14.6. The van der Waals surface area contributed by atoms with Gasteiger partial charge < -0.3 is 14.9 Å². The highest BCUT2D eigenvalue weighted by molar-refractivity contribution is 5.79. The van der Waals surface area contributed by atoms with Crippen molar-refractivity contribution in [2.24, 2.45) is 5.92 Å². The van der Waals surface area contributed by atoms with Crippen LogP contribution in [-0.4, -0.2) is 64.0 Å². The van der Waals surface area contributed by atoms with E-state index in [0.717, 1.165) is 50.9 Å². The number of unbranched alkanes of at least 4 members (excludes halogenated alkanes) is 1. The van der Waals surface area contributed by atoms with Gasteiger partial charge in [-0.15, -0.1) is 0 Å². The van der Waals surface area contributed by atoms with Crippen LogP contribution in [0.15, 0.2) is 24.5 Å². The number of fused-ring (bicyclic) bond motifs is 1. The van der Waals surface area contributed by atoms with E-state index in [9.17, 15) is 9.59 Å². The summed E-state index contributed by atoms with van der Waals surface area (Å²) in [4.78, 5) is 32.8. The van der Waals surface area contributed by atoms with Crippen molar-refractivity contribution < 1.29 is 14.7 Å². The molecule has 0 saturated carbocycles. The van der Waals surface area contributed by atoms with Crippen LogP contribution in [0.1, 0.15) is 37.7 Å². The number of hydrogen-bond donors (Lipinski definition) is 1. The summed E-state index contributed by atoms with van der Waals surface area (Å²) in [5.74, 6) is 0.770. The van der Waals surface area contributed by atoms with Crippen LogP contribution >= 0.6 is 0 Å². The molecule has 2 aliphatic rings. The molecule has 2 fully saturated rings. The van der Waals surface area contributed by atoms with Gasteiger partial charge in [-0.3, -0.25) is 14.6 Å². The average Bonchev–Trinajstić information content (AvgIpc) is 2.64. The third-order valence-corrected chi connectivity index (χ3v) is 5.41. The lowest BCUT2D eigenvalue weighted by molar-refractivity contribution is -0.144. The van der Waals surface area contributed by atoms with Gasteiger partial charge in [0.05, 0.1) is 6.42 Å². The first kappa shape index (κ1) is 17.9. The van der Waals surface area contributed by atoms with E-state index in [4.69, 9.17) is 5.11 Å². The average molecular weight is 345 g/mol. The fourth-order valence-corrected chi connectivity index (χ4v) is 4.05. The molecule has 0 aromatic carbocycles. The molecule has 1 aromatic heterocycles. The maximum absolute atomic E-state index is 12.6. The first-order chi connectivity index (χ1) is 12.2. The summed E-state index contributed by atoms with van der Waals surface area (Å²) in [7, 11) is 0. The van der Waals surface area contributed by atoms with Gasteiger partial charge >= 0.3 is 0 Å². The number of aliphatic hydroxyl groups excluding tert-OH is 1. The minimum absolute atomic E-state index is 0.161. The molecule has 25 heavy (non-hydrogen) atoms. The smallest absolute Gasteiger partial charge is 0.227 e. The lowest BCUT2D eigenvalue weighted by Crippen LogP contribution is -2.57. The molecule has 0 aliphatic carbocycles. The number of likely N-dealkylation sites (tertiary alicyclic amines) is 2. The molecule has 136 valence electrons. The molecule has 0 spiro atoms. The van der Waals surface area contributed by atoms with E-state index in [2.05, 4.69) is 4.98 Å². The Labute approximate surface area is 148 Å². The molecule has 0 bridgehead atoms. The normalized spacial score (nSPS) is 23.5. The molecule has 6 nitrogen and oxygen atoms in total. The van der Waals surface area contributed by atoms with Crippen LogP contribution in [0, 0.1) is 5.92 Å². The third-order valence-electron chi connectivity index (χ3n) is 5.41. The van der Waals surface area contributed by atoms with E-state index >= 15 is 0 Å². The Morgan fingerprint density at radius 3 is 2.80 bits per heavy atom. The van der Waals surface area contributed by atoms with Crippen molar-refractivity contribution in [3.63, 3.8) is 0 Å². The lowest BCUT2D eigenvalue weighted by atomic mass is 9.83. The number of carbonyl (C=O) groups is 2. The van der Waals surface area contributed by atoms with Crippen molar-refractivity contribution >= 4 is 11.8 Å². The zero-order valence-corrected chi connectivity index (χ0v) is 14.6. The second kappa shape index (κ2) is 8.43. The van der Waals surface area contributed by atoms with Gasteiger partial charge in [0.1, 0.15) is 0 Å². The van der Waals surface area contributed by atoms with E-state index in [0.29, 0.717) is 18.8 Å². The fourth-order valence-electron chi connectivity index (χ4n) is 4.05. The standard InChI is InChI=1S/C19H27N3O3/c23-12-2-1-10-22-17-7-11-21(14-16(17)3-4-18(22)24)19(25)13-15-5-8-20-9-6-15/h5-6,8-9,16-17,23H,1-4,7,10-14H2/t16-,17+/m0/s1. The monoisotopic (exact) mass is 345 g/mol. The summed E-state index contributed by atoms with van der Waals surface area (Å²) in [6, 6.07) is 4.02. The van der Waals surface area contributed by atoms with Crippen LogP contribution < -0.4 is 0 Å². The van der Waals surface area contributed by atoms with Crippen molar-refractivity contribution in [3.8, 4) is 0 Å². The molecular weight excluding hydrogens is 318 g/mol. The van der Waals surface area contributed by atoms with Crippen LogP contribution in [0.5, 0.6) is 0 Å². The molecule has 6 heteroatoms. The Balaban J connectivity index is 1.57. The summed E-state index contributed by atoms with van der Waals surface area (Å²) in [5.41, 5.74) is 0.992. The molecular formula is C19H27N3O3. The van der Waals surface area contributed by atoms with Gasteiger partial charge in [-0.2, -0.15) is 0 Å². The molecule has 2 atom stereocenters. The number of amides is 2. The zero-order chi connectivity index (χ0) is 17.6. The highest BCUT2D eigenvalue weighted by Gasteiger charge is 2.39. The Morgan fingerprint density at radius 2 is 2.04 bits per heavy atom. The largest absolute Gasteiger partial charge is 0.396 e. The number of aromatic nitrogens is 1. The van der Waals surface area contributed by atoms with Gasteiger partial charge in [0.15, 0.2) is 0 Å². The predicted octanol–water partition coefficient (Wildman–Crippen LogP) is 1.24. The molecule has 3 rings (SSSR count). The van der Waals surface area contributed by atoms with Gasteiger partial charge in [0, 0.05) is 51.1 Å². The molecule has 2 saturated heterocycles. The van der Waals surface area contributed by atoms with E-state index in [1.165, 1.54) is 0 Å². The lowest BCUT2D eigenvalue weighted by Gasteiger charge is -2.47. The quantitative estimate of drug-likeness (QED) is 0.787. The van der Waals surface area contributed by atoms with Gasteiger partial charge in [-0.05, 0) is 49.3 Å². The topological polar surface area (TPSA) is 73.7 Å². The van der Waals surface area contributed by atoms with Crippen molar-refractivity contribution in [3.05, 3.63) is 30.1 Å². The van der Waals surface area contributed by atoms with Crippen molar-refractivity contribution in [1.29, 1.82) is 0 Å². The Morgan fingerprint density at radius 1 is 1.24 bits per heavy atom. The molecule has 1 aromatic rings. The van der Waals surface area contributed by atoms with E-state index < -0.39 is 0 Å².